The fourth-order valence-corrected chi connectivity index (χ4v) is 1.66. The molecule has 0 radical (unpaired) electrons. The Kier molecular flexibility index (Phi) is 10.6. The minimum absolute atomic E-state index is 0.156. The molecule has 8 nitrogen and oxygen atoms in total. The Morgan fingerprint density at radius 1 is 0.842 bits per heavy atom. The van der Waals surface area contributed by atoms with Crippen LogP contribution in [0.1, 0.15) is 19.3 Å². The highest BCUT2D eigenvalue weighted by atomic mass is 17.2. The summed E-state index contributed by atoms with van der Waals surface area (Å²) in [7, 11) is 4.10. The lowest BCUT2D eigenvalue weighted by Crippen LogP contribution is -2.35. The van der Waals surface area contributed by atoms with Crippen LogP contribution in [-0.4, -0.2) is 52.2 Å². The Bertz CT molecular complexity index is 206. The van der Waals surface area contributed by atoms with E-state index >= 15 is 0 Å². The van der Waals surface area contributed by atoms with Crippen molar-refractivity contribution in [3.63, 3.8) is 0 Å². The largest absolute Gasteiger partial charge is 0.481 e. The summed E-state index contributed by atoms with van der Waals surface area (Å²) in [6.07, 6.45) is 0.781. The average Bonchev–Trinajstić information content (AvgIpc) is 2.38. The third-order valence-electron chi connectivity index (χ3n) is 2.80. The highest BCUT2D eigenvalue weighted by Crippen LogP contribution is 2.32. The Morgan fingerprint density at radius 2 is 1.16 bits per heavy atom. The summed E-state index contributed by atoms with van der Waals surface area (Å²) >= 11 is 0. The van der Waals surface area contributed by atoms with Crippen LogP contribution in [0.3, 0.4) is 0 Å². The lowest BCUT2D eigenvalue weighted by atomic mass is 9.79. The zero-order valence-corrected chi connectivity index (χ0v) is 11.5. The van der Waals surface area contributed by atoms with E-state index in [0.29, 0.717) is 0 Å². The molecule has 0 saturated heterocycles. The molecule has 0 spiro atoms. The molecule has 0 bridgehead atoms. The van der Waals surface area contributed by atoms with Crippen LogP contribution >= 0.6 is 0 Å². The lowest BCUT2D eigenvalue weighted by Gasteiger charge is -2.28. The number of aliphatic carboxylic acids is 1. The number of carboxylic acid groups (broad SMARTS) is 1. The van der Waals surface area contributed by atoms with Gasteiger partial charge in [-0.2, -0.15) is 0 Å². The van der Waals surface area contributed by atoms with E-state index in [2.05, 4.69) is 14.7 Å². The second-order valence-electron chi connectivity index (χ2n) is 3.80. The van der Waals surface area contributed by atoms with Gasteiger partial charge in [-0.3, -0.25) is 4.79 Å². The molecule has 114 valence electrons. The molecule has 0 aromatic heterocycles. The van der Waals surface area contributed by atoms with E-state index in [-0.39, 0.29) is 39.1 Å². The second-order valence-corrected chi connectivity index (χ2v) is 3.80. The highest BCUT2D eigenvalue weighted by Gasteiger charge is 2.38. The fourth-order valence-electron chi connectivity index (χ4n) is 1.66. The van der Waals surface area contributed by atoms with Gasteiger partial charge in [0.2, 0.25) is 0 Å². The van der Waals surface area contributed by atoms with E-state index in [1.807, 2.05) is 0 Å². The number of hydrogen-bond acceptors (Lipinski definition) is 7. The average molecular weight is 282 g/mol. The second kappa shape index (κ2) is 11.1. The van der Waals surface area contributed by atoms with Gasteiger partial charge in [0.25, 0.3) is 0 Å². The van der Waals surface area contributed by atoms with Crippen molar-refractivity contribution in [1.29, 1.82) is 0 Å². The van der Waals surface area contributed by atoms with Crippen molar-refractivity contribution in [3.8, 4) is 0 Å². The van der Waals surface area contributed by atoms with Gasteiger partial charge < -0.3 is 5.11 Å². The van der Waals surface area contributed by atoms with Crippen molar-refractivity contribution < 1.29 is 39.2 Å². The van der Waals surface area contributed by atoms with Crippen molar-refractivity contribution >= 4 is 5.97 Å². The van der Waals surface area contributed by atoms with Crippen LogP contribution < -0.4 is 0 Å². The zero-order valence-electron chi connectivity index (χ0n) is 11.5. The monoisotopic (exact) mass is 282 g/mol. The third kappa shape index (κ3) is 7.41. The maximum Gasteiger partial charge on any atom is 0.309 e. The summed E-state index contributed by atoms with van der Waals surface area (Å²) < 4.78 is 0. The van der Waals surface area contributed by atoms with E-state index in [1.54, 1.807) is 0 Å². The fraction of sp³-hybridized carbons (Fsp3) is 0.909. The molecule has 19 heavy (non-hydrogen) atoms. The Morgan fingerprint density at radius 3 is 1.37 bits per heavy atom. The van der Waals surface area contributed by atoms with Crippen LogP contribution in [-0.2, 0) is 34.1 Å². The summed E-state index contributed by atoms with van der Waals surface area (Å²) in [5, 5.41) is 9.43. The molecule has 0 amide bonds. The topological polar surface area (TPSA) is 92.7 Å². The van der Waals surface area contributed by atoms with Gasteiger partial charge in [0, 0.05) is 0 Å². The quantitative estimate of drug-likeness (QED) is 0.303. The summed E-state index contributed by atoms with van der Waals surface area (Å²) in [4.78, 5) is 39.1. The van der Waals surface area contributed by atoms with Gasteiger partial charge in [0.1, 0.15) is 0 Å². The van der Waals surface area contributed by atoms with E-state index in [4.69, 9.17) is 14.7 Å². The first-order valence-corrected chi connectivity index (χ1v) is 5.83. The smallest absolute Gasteiger partial charge is 0.309 e. The van der Waals surface area contributed by atoms with Crippen molar-refractivity contribution in [2.24, 2.45) is 5.41 Å². The van der Waals surface area contributed by atoms with Crippen molar-refractivity contribution in [2.45, 2.75) is 19.3 Å². The SMILES string of the molecule is COOCCC(CCOOC)(CCOOC)C(=O)O. The first-order chi connectivity index (χ1) is 9.13. The summed E-state index contributed by atoms with van der Waals surface area (Å²) in [5.41, 5.74) is -1.05. The van der Waals surface area contributed by atoms with Crippen LogP contribution in [0.4, 0.5) is 0 Å². The predicted molar refractivity (Wildman–Crippen MR) is 62.8 cm³/mol. The third-order valence-corrected chi connectivity index (χ3v) is 2.80. The van der Waals surface area contributed by atoms with Crippen LogP contribution in [0.15, 0.2) is 0 Å². The molecular weight excluding hydrogens is 260 g/mol. The van der Waals surface area contributed by atoms with Crippen LogP contribution in [0.2, 0.25) is 0 Å². The molecule has 0 saturated carbocycles. The van der Waals surface area contributed by atoms with E-state index < -0.39 is 11.4 Å². The van der Waals surface area contributed by atoms with Gasteiger partial charge in [-0.15, -0.1) is 0 Å². The van der Waals surface area contributed by atoms with Crippen LogP contribution in [0, 0.1) is 5.41 Å². The molecule has 0 aliphatic carbocycles. The zero-order chi connectivity index (χ0) is 14.6. The summed E-state index contributed by atoms with van der Waals surface area (Å²) in [6, 6.07) is 0. The molecule has 0 aromatic carbocycles. The van der Waals surface area contributed by atoms with Crippen molar-refractivity contribution in [2.75, 3.05) is 41.2 Å². The Balaban J connectivity index is 4.53. The minimum atomic E-state index is -1.05. The highest BCUT2D eigenvalue weighted by molar-refractivity contribution is 5.74. The molecule has 0 rings (SSSR count). The molecule has 0 aromatic rings. The maximum absolute atomic E-state index is 11.5. The normalized spacial score (nSPS) is 11.7. The Labute approximate surface area is 112 Å². The van der Waals surface area contributed by atoms with Gasteiger partial charge >= 0.3 is 5.97 Å². The molecule has 8 heteroatoms. The van der Waals surface area contributed by atoms with E-state index in [0.717, 1.165) is 0 Å². The minimum Gasteiger partial charge on any atom is -0.481 e. The van der Waals surface area contributed by atoms with Crippen LogP contribution in [0.25, 0.3) is 0 Å². The maximum atomic E-state index is 11.5. The Hall–Kier alpha value is -0.770. The molecule has 0 aliphatic rings. The standard InChI is InChI=1S/C11H22O8/c1-14-17-7-4-11(10(12)13,5-8-18-15-2)6-9-19-16-3/h4-9H2,1-3H3,(H,12,13). The summed E-state index contributed by atoms with van der Waals surface area (Å²) in [6.45, 7) is 0.467. The van der Waals surface area contributed by atoms with Gasteiger partial charge in [0.05, 0.1) is 46.6 Å². The molecule has 1 N–H and O–H groups in total. The number of hydrogen-bond donors (Lipinski definition) is 1. The molecular formula is C11H22O8. The molecule has 0 atom stereocenters. The predicted octanol–water partition coefficient (Wildman–Crippen LogP) is 0.962. The number of carbonyl (C=O) groups is 1. The van der Waals surface area contributed by atoms with Gasteiger partial charge in [-0.1, -0.05) is 0 Å². The van der Waals surface area contributed by atoms with Gasteiger partial charge in [-0.25, -0.2) is 29.3 Å². The van der Waals surface area contributed by atoms with E-state index in [9.17, 15) is 9.90 Å². The van der Waals surface area contributed by atoms with Crippen molar-refractivity contribution in [1.82, 2.24) is 0 Å². The lowest BCUT2D eigenvalue weighted by molar-refractivity contribution is -0.289. The van der Waals surface area contributed by atoms with Crippen LogP contribution in [0.5, 0.6) is 0 Å². The molecule has 0 fully saturated rings. The van der Waals surface area contributed by atoms with Gasteiger partial charge in [0.15, 0.2) is 0 Å². The first kappa shape index (κ1) is 18.2. The molecule has 0 aliphatic heterocycles. The van der Waals surface area contributed by atoms with E-state index in [1.165, 1.54) is 21.3 Å². The number of rotatable bonds is 13. The summed E-state index contributed by atoms with van der Waals surface area (Å²) in [5.74, 6) is -0.952. The van der Waals surface area contributed by atoms with Crippen molar-refractivity contribution in [3.05, 3.63) is 0 Å². The number of carboxylic acids is 1. The molecule has 0 unspecified atom stereocenters. The first-order valence-electron chi connectivity index (χ1n) is 5.83. The molecule has 0 heterocycles. The van der Waals surface area contributed by atoms with Gasteiger partial charge in [-0.05, 0) is 19.3 Å².